The first-order valence-corrected chi connectivity index (χ1v) is 6.60. The molecule has 116 valence electrons. The molecule has 0 atom stereocenters. The number of alkyl halides is 3. The van der Waals surface area contributed by atoms with Crippen molar-refractivity contribution in [2.75, 3.05) is 33.3 Å². The fourth-order valence-corrected chi connectivity index (χ4v) is 1.94. The summed E-state index contributed by atoms with van der Waals surface area (Å²) in [4.78, 5) is 9.77. The van der Waals surface area contributed by atoms with Crippen LogP contribution in [0.15, 0.2) is 17.3 Å². The Hall–Kier alpha value is -1.70. The van der Waals surface area contributed by atoms with E-state index in [9.17, 15) is 13.2 Å². The first kappa shape index (κ1) is 15.7. The molecule has 0 saturated carbocycles. The van der Waals surface area contributed by atoms with E-state index in [1.165, 1.54) is 0 Å². The number of nitrogens with one attached hydrogen (secondary N) is 1. The molecule has 0 aromatic carbocycles. The zero-order valence-corrected chi connectivity index (χ0v) is 12.0. The minimum Gasteiger partial charge on any atom is -0.475 e. The predicted molar refractivity (Wildman–Crippen MR) is 72.7 cm³/mol. The number of rotatable bonds is 4. The Balaban J connectivity index is 1.83. The quantitative estimate of drug-likeness (QED) is 0.862. The number of nitrogens with zero attached hydrogens (tertiary/aromatic N) is 3. The summed E-state index contributed by atoms with van der Waals surface area (Å²) in [6.07, 6.45) is -3.77. The van der Waals surface area contributed by atoms with Crippen LogP contribution in [0.5, 0.6) is 5.88 Å². The molecule has 0 radical (unpaired) electrons. The number of likely N-dealkylation sites (N-methyl/N-ethyl adjacent to an activating group) is 1. The van der Waals surface area contributed by atoms with E-state index in [2.05, 4.69) is 15.3 Å². The highest BCUT2D eigenvalue weighted by molar-refractivity contribution is 6.31. The zero-order valence-electron chi connectivity index (χ0n) is 11.2. The summed E-state index contributed by atoms with van der Waals surface area (Å²) in [5.74, 6) is 0.748. The summed E-state index contributed by atoms with van der Waals surface area (Å²) < 4.78 is 42.6. The lowest BCUT2D eigenvalue weighted by Gasteiger charge is -2.15. The minimum absolute atomic E-state index is 0.0202. The van der Waals surface area contributed by atoms with E-state index >= 15 is 0 Å². The molecular formula is C12H14ClF3N4O. The lowest BCUT2D eigenvalue weighted by Crippen LogP contribution is -2.37. The summed E-state index contributed by atoms with van der Waals surface area (Å²) in [7, 11) is 1.91. The molecule has 0 aliphatic carbocycles. The molecule has 0 spiro atoms. The number of aliphatic imine (C=N–C) groups is 1. The largest absolute Gasteiger partial charge is 0.475 e. The Morgan fingerprint density at radius 3 is 2.81 bits per heavy atom. The summed E-state index contributed by atoms with van der Waals surface area (Å²) in [5, 5.41) is 2.89. The Morgan fingerprint density at radius 1 is 1.48 bits per heavy atom. The van der Waals surface area contributed by atoms with Crippen molar-refractivity contribution >= 4 is 17.6 Å². The lowest BCUT2D eigenvalue weighted by molar-refractivity contribution is -0.137. The molecule has 1 aliphatic heterocycles. The van der Waals surface area contributed by atoms with Gasteiger partial charge in [0.05, 0.1) is 18.7 Å². The van der Waals surface area contributed by atoms with Gasteiger partial charge in [0, 0.05) is 19.8 Å². The van der Waals surface area contributed by atoms with E-state index in [4.69, 9.17) is 16.3 Å². The molecule has 1 aromatic heterocycles. The minimum atomic E-state index is -4.47. The fourth-order valence-electron chi connectivity index (χ4n) is 1.72. The molecule has 1 N–H and O–H groups in total. The smallest absolute Gasteiger partial charge is 0.417 e. The third-order valence-corrected chi connectivity index (χ3v) is 3.09. The van der Waals surface area contributed by atoms with Crippen molar-refractivity contribution in [2.45, 2.75) is 6.18 Å². The van der Waals surface area contributed by atoms with E-state index in [1.54, 1.807) is 0 Å². The van der Waals surface area contributed by atoms with Gasteiger partial charge in [-0.3, -0.25) is 4.99 Å². The van der Waals surface area contributed by atoms with E-state index in [-0.39, 0.29) is 17.5 Å². The van der Waals surface area contributed by atoms with E-state index in [0.29, 0.717) is 12.7 Å². The van der Waals surface area contributed by atoms with Crippen LogP contribution in [0.2, 0.25) is 5.02 Å². The first-order valence-electron chi connectivity index (χ1n) is 6.23. The predicted octanol–water partition coefficient (Wildman–Crippen LogP) is 2.02. The van der Waals surface area contributed by atoms with Crippen molar-refractivity contribution in [3.05, 3.63) is 22.8 Å². The number of ether oxygens (including phenoxy) is 1. The third kappa shape index (κ3) is 4.13. The molecule has 9 heteroatoms. The van der Waals surface area contributed by atoms with Crippen LogP contribution in [-0.2, 0) is 6.18 Å². The lowest BCUT2D eigenvalue weighted by atomic mass is 10.3. The maximum atomic E-state index is 12.4. The number of aromatic nitrogens is 1. The van der Waals surface area contributed by atoms with Gasteiger partial charge in [0.25, 0.3) is 0 Å². The Bertz CT molecular complexity index is 536. The SMILES string of the molecule is CN1CCN=C1NCCOc1ncc(C(F)(F)F)cc1Cl. The second-order valence-electron chi connectivity index (χ2n) is 4.41. The Kier molecular flexibility index (Phi) is 4.76. The molecule has 1 aromatic rings. The molecule has 2 heterocycles. The van der Waals surface area contributed by atoms with Crippen molar-refractivity contribution in [3.8, 4) is 5.88 Å². The molecule has 2 rings (SSSR count). The summed E-state index contributed by atoms with van der Waals surface area (Å²) >= 11 is 5.72. The molecule has 0 unspecified atom stereocenters. The highest BCUT2D eigenvalue weighted by atomic mass is 35.5. The molecular weight excluding hydrogens is 309 g/mol. The topological polar surface area (TPSA) is 49.8 Å². The van der Waals surface area contributed by atoms with Crippen LogP contribution in [0.25, 0.3) is 0 Å². The van der Waals surface area contributed by atoms with Gasteiger partial charge < -0.3 is 15.0 Å². The number of halogens is 4. The van der Waals surface area contributed by atoms with Crippen LogP contribution >= 0.6 is 11.6 Å². The van der Waals surface area contributed by atoms with Gasteiger partial charge >= 0.3 is 6.18 Å². The Labute approximate surface area is 124 Å². The molecule has 0 bridgehead atoms. The highest BCUT2D eigenvalue weighted by Gasteiger charge is 2.31. The van der Waals surface area contributed by atoms with E-state index < -0.39 is 11.7 Å². The summed E-state index contributed by atoms with van der Waals surface area (Å²) in [6, 6.07) is 0.798. The van der Waals surface area contributed by atoms with Gasteiger partial charge in [-0.25, -0.2) is 4.98 Å². The second kappa shape index (κ2) is 6.38. The van der Waals surface area contributed by atoms with Crippen molar-refractivity contribution in [2.24, 2.45) is 4.99 Å². The summed E-state index contributed by atoms with van der Waals surface area (Å²) in [6.45, 7) is 2.26. The number of hydrogen-bond acceptors (Lipinski definition) is 5. The molecule has 0 fully saturated rings. The van der Waals surface area contributed by atoms with Gasteiger partial charge in [0.2, 0.25) is 5.88 Å². The van der Waals surface area contributed by atoms with E-state index in [1.807, 2.05) is 11.9 Å². The van der Waals surface area contributed by atoms with Crippen molar-refractivity contribution in [3.63, 3.8) is 0 Å². The monoisotopic (exact) mass is 322 g/mol. The fraction of sp³-hybridized carbons (Fsp3) is 0.500. The van der Waals surface area contributed by atoms with Crippen molar-refractivity contribution in [1.29, 1.82) is 0 Å². The maximum Gasteiger partial charge on any atom is 0.417 e. The van der Waals surface area contributed by atoms with Gasteiger partial charge in [-0.2, -0.15) is 13.2 Å². The van der Waals surface area contributed by atoms with E-state index in [0.717, 1.165) is 25.1 Å². The number of pyridine rings is 1. The summed E-state index contributed by atoms with van der Waals surface area (Å²) in [5.41, 5.74) is -0.903. The molecule has 0 saturated heterocycles. The molecule has 5 nitrogen and oxygen atoms in total. The maximum absolute atomic E-state index is 12.4. The first-order chi connectivity index (χ1) is 9.88. The van der Waals surface area contributed by atoms with Crippen LogP contribution in [0.1, 0.15) is 5.56 Å². The number of hydrogen-bond donors (Lipinski definition) is 1. The average molecular weight is 323 g/mol. The van der Waals surface area contributed by atoms with Gasteiger partial charge in [-0.15, -0.1) is 0 Å². The highest BCUT2D eigenvalue weighted by Crippen LogP contribution is 2.32. The molecule has 21 heavy (non-hydrogen) atoms. The van der Waals surface area contributed by atoms with Gasteiger partial charge in [-0.1, -0.05) is 11.6 Å². The van der Waals surface area contributed by atoms with Crippen LogP contribution < -0.4 is 10.1 Å². The van der Waals surface area contributed by atoms with Crippen molar-refractivity contribution < 1.29 is 17.9 Å². The zero-order chi connectivity index (χ0) is 15.5. The van der Waals surface area contributed by atoms with Gasteiger partial charge in [0.1, 0.15) is 11.6 Å². The molecule has 0 amide bonds. The second-order valence-corrected chi connectivity index (χ2v) is 4.82. The average Bonchev–Trinajstić information content (AvgIpc) is 2.80. The van der Waals surface area contributed by atoms with Crippen LogP contribution in [0, 0.1) is 0 Å². The Morgan fingerprint density at radius 2 is 2.24 bits per heavy atom. The van der Waals surface area contributed by atoms with Crippen molar-refractivity contribution in [1.82, 2.24) is 15.2 Å². The van der Waals surface area contributed by atoms with Gasteiger partial charge in [0.15, 0.2) is 5.96 Å². The standard InChI is InChI=1S/C12H14ClF3N4O/c1-20-4-2-17-11(20)18-3-5-21-10-9(13)6-8(7-19-10)12(14,15)16/h6-7H,2-5H2,1H3,(H,17,18). The third-order valence-electron chi connectivity index (χ3n) is 2.82. The normalized spacial score (nSPS) is 15.1. The van der Waals surface area contributed by atoms with Gasteiger partial charge in [-0.05, 0) is 6.07 Å². The number of guanidine groups is 1. The molecule has 1 aliphatic rings. The van der Waals surface area contributed by atoms with Crippen LogP contribution in [0.3, 0.4) is 0 Å². The van der Waals surface area contributed by atoms with Crippen LogP contribution in [0.4, 0.5) is 13.2 Å². The van der Waals surface area contributed by atoms with Crippen LogP contribution in [-0.4, -0.2) is 49.1 Å².